The second-order valence-electron chi connectivity index (χ2n) is 12.8. The molecule has 2 aromatic rings. The minimum atomic E-state index is -0.817. The summed E-state index contributed by atoms with van der Waals surface area (Å²) in [6.07, 6.45) is 10.5. The molecule has 4 heterocycles. The number of nitrogens with one attached hydrogen (secondary N) is 2. The van der Waals surface area contributed by atoms with Gasteiger partial charge in [0.2, 0.25) is 17.7 Å². The molecular formula is C34H45ClN4O3. The lowest BCUT2D eigenvalue weighted by molar-refractivity contribution is -0.164. The fourth-order valence-electron chi connectivity index (χ4n) is 7.21. The highest BCUT2D eigenvalue weighted by Crippen LogP contribution is 2.50. The van der Waals surface area contributed by atoms with E-state index in [1.54, 1.807) is 0 Å². The highest BCUT2D eigenvalue weighted by atomic mass is 35.5. The first-order valence-corrected chi connectivity index (χ1v) is 15.9. The van der Waals surface area contributed by atoms with Crippen LogP contribution in [-0.4, -0.2) is 58.7 Å². The maximum atomic E-state index is 14.2. The lowest BCUT2D eigenvalue weighted by atomic mass is 9.67. The molecule has 0 saturated carbocycles. The van der Waals surface area contributed by atoms with E-state index in [0.29, 0.717) is 31.0 Å². The van der Waals surface area contributed by atoms with Crippen molar-refractivity contribution in [3.05, 3.63) is 57.8 Å². The van der Waals surface area contributed by atoms with Gasteiger partial charge in [-0.3, -0.25) is 14.4 Å². The molecule has 3 amide bonds. The molecule has 42 heavy (non-hydrogen) atoms. The Morgan fingerprint density at radius 3 is 2.62 bits per heavy atom. The summed E-state index contributed by atoms with van der Waals surface area (Å²) in [5.74, 6) is -1.05. The molecule has 3 aliphatic heterocycles. The molecule has 226 valence electrons. The molecule has 0 bridgehead atoms. The van der Waals surface area contributed by atoms with E-state index in [1.807, 2.05) is 41.0 Å². The predicted molar refractivity (Wildman–Crippen MR) is 168 cm³/mol. The summed E-state index contributed by atoms with van der Waals surface area (Å²) in [5, 5.41) is 4.72. The number of hydrogen-bond donors (Lipinski definition) is 2. The molecule has 3 aliphatic rings. The van der Waals surface area contributed by atoms with Crippen LogP contribution in [0.4, 0.5) is 0 Å². The number of H-pyrrole nitrogens is 1. The van der Waals surface area contributed by atoms with Gasteiger partial charge >= 0.3 is 0 Å². The first-order chi connectivity index (χ1) is 20.1. The smallest absolute Gasteiger partial charge is 0.228 e. The van der Waals surface area contributed by atoms with Crippen LogP contribution < -0.4 is 5.32 Å². The topological polar surface area (TPSA) is 85.5 Å². The minimum absolute atomic E-state index is 0.0360. The summed E-state index contributed by atoms with van der Waals surface area (Å²) >= 11 is 6.37. The number of likely N-dealkylation sites (tertiary alicyclic amines) is 1. The number of rotatable bonds is 8. The third-order valence-electron chi connectivity index (χ3n) is 9.57. The van der Waals surface area contributed by atoms with Crippen molar-refractivity contribution in [3.8, 4) is 0 Å². The van der Waals surface area contributed by atoms with Crippen molar-refractivity contribution in [2.24, 2.45) is 11.8 Å². The molecular weight excluding hydrogens is 548 g/mol. The first kappa shape index (κ1) is 30.4. The standard InChI is InChI=1S/C34H45ClN4O3/c1-22(2)9-8-10-23(3)13-15-36-30(40)20-24-19-28(33(42)38-16-6-5-7-17-38)34(4)31-26(14-18-39(34)32(24)41)27-21-25(35)11-12-29(27)37-31/h9,11-13,21,24,28,37H,5-8,10,14-20H2,1-4H3,(H,36,40)/b23-13+/t24-,28-,34+/m1/s1. The Balaban J connectivity index is 1.38. The van der Waals surface area contributed by atoms with E-state index in [1.165, 1.54) is 11.1 Å². The molecule has 2 fully saturated rings. The highest BCUT2D eigenvalue weighted by molar-refractivity contribution is 6.31. The van der Waals surface area contributed by atoms with E-state index in [9.17, 15) is 14.4 Å². The maximum Gasteiger partial charge on any atom is 0.228 e. The van der Waals surface area contributed by atoms with Gasteiger partial charge in [-0.15, -0.1) is 0 Å². The predicted octanol–water partition coefficient (Wildman–Crippen LogP) is 6.27. The second-order valence-corrected chi connectivity index (χ2v) is 13.2. The number of aromatic amines is 1. The van der Waals surface area contributed by atoms with Gasteiger partial charge in [-0.05, 0) is 96.4 Å². The number of hydrogen-bond acceptors (Lipinski definition) is 3. The number of amides is 3. The third kappa shape index (κ3) is 6.03. The van der Waals surface area contributed by atoms with Gasteiger partial charge in [-0.25, -0.2) is 0 Å². The van der Waals surface area contributed by atoms with Crippen molar-refractivity contribution < 1.29 is 14.4 Å². The Morgan fingerprint density at radius 2 is 1.88 bits per heavy atom. The van der Waals surface area contributed by atoms with Gasteiger partial charge in [-0.1, -0.05) is 34.9 Å². The van der Waals surface area contributed by atoms with E-state index in [4.69, 9.17) is 11.6 Å². The molecule has 2 N–H and O–H groups in total. The lowest BCUT2D eigenvalue weighted by Gasteiger charge is -2.54. The molecule has 2 saturated heterocycles. The quantitative estimate of drug-likeness (QED) is 0.354. The number of aromatic nitrogens is 1. The molecule has 1 aromatic carbocycles. The van der Waals surface area contributed by atoms with Crippen LogP contribution in [0.2, 0.25) is 5.02 Å². The molecule has 0 aliphatic carbocycles. The van der Waals surface area contributed by atoms with Crippen molar-refractivity contribution in [1.82, 2.24) is 20.1 Å². The number of allylic oxidation sites excluding steroid dienone is 3. The number of halogens is 1. The maximum absolute atomic E-state index is 14.2. The Labute approximate surface area is 254 Å². The van der Waals surface area contributed by atoms with Crippen LogP contribution in [0.1, 0.15) is 83.9 Å². The Kier molecular flexibility index (Phi) is 9.17. The first-order valence-electron chi connectivity index (χ1n) is 15.6. The van der Waals surface area contributed by atoms with Crippen molar-refractivity contribution >= 4 is 40.2 Å². The number of nitrogens with zero attached hydrogens (tertiary/aromatic N) is 2. The number of piperidine rings is 2. The highest BCUT2D eigenvalue weighted by Gasteiger charge is 2.57. The normalized spacial score (nSPS) is 24.3. The molecule has 7 nitrogen and oxygen atoms in total. The van der Waals surface area contributed by atoms with E-state index < -0.39 is 17.4 Å². The van der Waals surface area contributed by atoms with E-state index in [2.05, 4.69) is 37.1 Å². The second kappa shape index (κ2) is 12.7. The van der Waals surface area contributed by atoms with Crippen molar-refractivity contribution in [2.45, 2.75) is 84.6 Å². The fraction of sp³-hybridized carbons (Fsp3) is 0.559. The lowest BCUT2D eigenvalue weighted by Crippen LogP contribution is -2.64. The molecule has 5 rings (SSSR count). The van der Waals surface area contributed by atoms with Gasteiger partial charge < -0.3 is 20.1 Å². The minimum Gasteiger partial charge on any atom is -0.356 e. The largest absolute Gasteiger partial charge is 0.356 e. The number of carbonyl (C=O) groups excluding carboxylic acids is 3. The average molecular weight is 593 g/mol. The molecule has 0 radical (unpaired) electrons. The van der Waals surface area contributed by atoms with Gasteiger partial charge in [0, 0.05) is 60.1 Å². The number of benzene rings is 1. The SMILES string of the molecule is CC(C)=CCC/C(C)=C/CNC(=O)C[C@H]1C[C@H](C(=O)N2CCCCC2)[C@@]2(C)c3[nH]c4ccc(Cl)cc4c3CCN2C1=O. The summed E-state index contributed by atoms with van der Waals surface area (Å²) in [7, 11) is 0. The summed E-state index contributed by atoms with van der Waals surface area (Å²) in [6.45, 7) is 10.8. The van der Waals surface area contributed by atoms with Gasteiger partial charge in [0.1, 0.15) is 0 Å². The summed E-state index contributed by atoms with van der Waals surface area (Å²) in [6, 6.07) is 5.81. The molecule has 0 spiro atoms. The zero-order chi connectivity index (χ0) is 30.0. The van der Waals surface area contributed by atoms with Crippen molar-refractivity contribution in [3.63, 3.8) is 0 Å². The van der Waals surface area contributed by atoms with Crippen LogP contribution in [0.3, 0.4) is 0 Å². The summed E-state index contributed by atoms with van der Waals surface area (Å²) in [4.78, 5) is 48.8. The fourth-order valence-corrected chi connectivity index (χ4v) is 7.38. The van der Waals surface area contributed by atoms with E-state index in [-0.39, 0.29) is 24.1 Å². The van der Waals surface area contributed by atoms with Crippen LogP contribution in [-0.2, 0) is 26.3 Å². The Morgan fingerprint density at radius 1 is 1.12 bits per heavy atom. The van der Waals surface area contributed by atoms with Gasteiger partial charge in [0.05, 0.1) is 11.5 Å². The molecule has 0 unspecified atom stereocenters. The summed E-state index contributed by atoms with van der Waals surface area (Å²) < 4.78 is 0. The third-order valence-corrected chi connectivity index (χ3v) is 9.81. The van der Waals surface area contributed by atoms with Gasteiger partial charge in [-0.2, -0.15) is 0 Å². The van der Waals surface area contributed by atoms with Crippen LogP contribution in [0.15, 0.2) is 41.5 Å². The van der Waals surface area contributed by atoms with Crippen LogP contribution in [0, 0.1) is 11.8 Å². The van der Waals surface area contributed by atoms with Gasteiger partial charge in [0.25, 0.3) is 0 Å². The van der Waals surface area contributed by atoms with Crippen LogP contribution in [0.5, 0.6) is 0 Å². The molecule has 3 atom stereocenters. The Hall–Kier alpha value is -3.06. The zero-order valence-corrected chi connectivity index (χ0v) is 26.3. The van der Waals surface area contributed by atoms with Crippen molar-refractivity contribution in [2.75, 3.05) is 26.2 Å². The molecule has 1 aromatic heterocycles. The average Bonchev–Trinajstić information content (AvgIpc) is 3.33. The van der Waals surface area contributed by atoms with Crippen LogP contribution in [0.25, 0.3) is 10.9 Å². The Bertz CT molecular complexity index is 1420. The van der Waals surface area contributed by atoms with Gasteiger partial charge in [0.15, 0.2) is 0 Å². The number of carbonyl (C=O) groups is 3. The van der Waals surface area contributed by atoms with Crippen LogP contribution >= 0.6 is 11.6 Å². The monoisotopic (exact) mass is 592 g/mol. The summed E-state index contributed by atoms with van der Waals surface area (Å²) in [5.41, 5.74) is 4.76. The molecule has 8 heteroatoms. The van der Waals surface area contributed by atoms with E-state index >= 15 is 0 Å². The van der Waals surface area contributed by atoms with Crippen molar-refractivity contribution in [1.29, 1.82) is 0 Å². The van der Waals surface area contributed by atoms with E-state index in [0.717, 1.165) is 67.4 Å². The zero-order valence-electron chi connectivity index (χ0n) is 25.5. The number of fused-ring (bicyclic) bond motifs is 5.